The molecule has 0 aliphatic carbocycles. The van der Waals surface area contributed by atoms with Crippen LogP contribution in [0.15, 0.2) is 36.5 Å². The number of benzene rings is 1. The Balaban J connectivity index is 2.07. The second-order valence-electron chi connectivity index (χ2n) is 4.01. The van der Waals surface area contributed by atoms with Crippen molar-refractivity contribution in [2.75, 3.05) is 24.9 Å². The van der Waals surface area contributed by atoms with Gasteiger partial charge in [-0.3, -0.25) is 0 Å². The fourth-order valence-corrected chi connectivity index (χ4v) is 1.98. The van der Waals surface area contributed by atoms with Gasteiger partial charge in [-0.15, -0.1) is 0 Å². The number of ether oxygens (including phenoxy) is 2. The quantitative estimate of drug-likeness (QED) is 0.663. The van der Waals surface area contributed by atoms with Crippen LogP contribution in [0.4, 0.5) is 11.4 Å². The topological polar surface area (TPSA) is 55.4 Å². The highest BCUT2D eigenvalue weighted by atomic mass is 35.5. The number of hydrogen-bond acceptors (Lipinski definition) is 4. The predicted molar refractivity (Wildman–Crippen MR) is 88.6 cm³/mol. The van der Waals surface area contributed by atoms with Gasteiger partial charge in [-0.2, -0.15) is 0 Å². The van der Waals surface area contributed by atoms with E-state index in [9.17, 15) is 0 Å². The second kappa shape index (κ2) is 7.10. The Hall–Kier alpha value is -2.05. The minimum Gasteiger partial charge on any atom is -0.497 e. The number of thiocarbonyl (C=S) groups is 1. The van der Waals surface area contributed by atoms with Crippen molar-refractivity contribution in [3.63, 3.8) is 0 Å². The van der Waals surface area contributed by atoms with Crippen LogP contribution in [0.25, 0.3) is 0 Å². The van der Waals surface area contributed by atoms with E-state index in [0.717, 1.165) is 11.4 Å². The molecule has 0 atom stereocenters. The average molecular weight is 324 g/mol. The zero-order valence-electron chi connectivity index (χ0n) is 11.5. The minimum atomic E-state index is 0.419. The fraction of sp³-hybridized carbons (Fsp3) is 0.143. The minimum absolute atomic E-state index is 0.419. The summed E-state index contributed by atoms with van der Waals surface area (Å²) >= 11 is 11.0. The molecule has 0 fully saturated rings. The number of halogens is 1. The standard InChI is InChI=1S/C14H14ClN3O2S/c1-19-10-4-5-11(12(7-10)20-2)18-14(21)17-9-3-6-13(15)16-8-9/h3-8H,1-2H3,(H2,17,18,21). The summed E-state index contributed by atoms with van der Waals surface area (Å²) in [6.07, 6.45) is 1.60. The SMILES string of the molecule is COc1ccc(NC(=S)Nc2ccc(Cl)nc2)c(OC)c1. The Kier molecular flexibility index (Phi) is 5.19. The van der Waals surface area contributed by atoms with E-state index >= 15 is 0 Å². The van der Waals surface area contributed by atoms with E-state index in [2.05, 4.69) is 15.6 Å². The van der Waals surface area contributed by atoms with Crippen molar-refractivity contribution < 1.29 is 9.47 Å². The lowest BCUT2D eigenvalue weighted by Gasteiger charge is -2.14. The van der Waals surface area contributed by atoms with Gasteiger partial charge in [-0.1, -0.05) is 11.6 Å². The third-order valence-corrected chi connectivity index (χ3v) is 3.07. The van der Waals surface area contributed by atoms with Crippen molar-refractivity contribution in [3.8, 4) is 11.5 Å². The first-order valence-electron chi connectivity index (χ1n) is 6.04. The van der Waals surface area contributed by atoms with Gasteiger partial charge in [0.25, 0.3) is 0 Å². The van der Waals surface area contributed by atoms with Gasteiger partial charge in [0.05, 0.1) is 31.8 Å². The van der Waals surface area contributed by atoms with Crippen LogP contribution in [0.3, 0.4) is 0 Å². The van der Waals surface area contributed by atoms with Gasteiger partial charge < -0.3 is 20.1 Å². The molecule has 21 heavy (non-hydrogen) atoms. The number of anilines is 2. The Bertz CT molecular complexity index is 635. The highest BCUT2D eigenvalue weighted by molar-refractivity contribution is 7.80. The molecule has 0 spiro atoms. The van der Waals surface area contributed by atoms with Crippen LogP contribution < -0.4 is 20.1 Å². The largest absolute Gasteiger partial charge is 0.497 e. The van der Waals surface area contributed by atoms with Crippen LogP contribution >= 0.6 is 23.8 Å². The van der Waals surface area contributed by atoms with Crippen molar-refractivity contribution >= 4 is 40.3 Å². The molecule has 7 heteroatoms. The second-order valence-corrected chi connectivity index (χ2v) is 4.81. The van der Waals surface area contributed by atoms with Gasteiger partial charge in [0.1, 0.15) is 16.7 Å². The molecular formula is C14H14ClN3O2S. The van der Waals surface area contributed by atoms with E-state index in [1.54, 1.807) is 38.6 Å². The number of methoxy groups -OCH3 is 2. The van der Waals surface area contributed by atoms with Gasteiger partial charge >= 0.3 is 0 Å². The van der Waals surface area contributed by atoms with E-state index < -0.39 is 0 Å². The summed E-state index contributed by atoms with van der Waals surface area (Å²) in [6, 6.07) is 8.88. The highest BCUT2D eigenvalue weighted by Crippen LogP contribution is 2.29. The summed E-state index contributed by atoms with van der Waals surface area (Å²) in [5.41, 5.74) is 1.47. The monoisotopic (exact) mass is 323 g/mol. The van der Waals surface area contributed by atoms with Crippen molar-refractivity contribution in [2.45, 2.75) is 0 Å². The van der Waals surface area contributed by atoms with Gasteiger partial charge in [-0.25, -0.2) is 4.98 Å². The van der Waals surface area contributed by atoms with E-state index in [1.165, 1.54) is 0 Å². The molecule has 2 rings (SSSR count). The molecule has 0 amide bonds. The molecule has 2 aromatic rings. The normalized spacial score (nSPS) is 9.86. The van der Waals surface area contributed by atoms with Crippen molar-refractivity contribution in [3.05, 3.63) is 41.7 Å². The first-order chi connectivity index (χ1) is 10.1. The van der Waals surface area contributed by atoms with Crippen LogP contribution in [0, 0.1) is 0 Å². The third-order valence-electron chi connectivity index (χ3n) is 2.64. The lowest BCUT2D eigenvalue weighted by atomic mass is 10.2. The van der Waals surface area contributed by atoms with Crippen molar-refractivity contribution in [2.24, 2.45) is 0 Å². The zero-order valence-corrected chi connectivity index (χ0v) is 13.1. The summed E-state index contributed by atoms with van der Waals surface area (Å²) < 4.78 is 10.4. The number of nitrogens with zero attached hydrogens (tertiary/aromatic N) is 1. The van der Waals surface area contributed by atoms with E-state index in [1.807, 2.05) is 12.1 Å². The summed E-state index contributed by atoms with van der Waals surface area (Å²) in [7, 11) is 3.18. The number of pyridine rings is 1. The first kappa shape index (κ1) is 15.3. The fourth-order valence-electron chi connectivity index (χ4n) is 1.64. The van der Waals surface area contributed by atoms with Crippen molar-refractivity contribution in [1.82, 2.24) is 4.98 Å². The van der Waals surface area contributed by atoms with E-state index in [0.29, 0.717) is 21.8 Å². The molecule has 1 heterocycles. The molecule has 1 aromatic carbocycles. The molecule has 0 saturated carbocycles. The van der Waals surface area contributed by atoms with Crippen molar-refractivity contribution in [1.29, 1.82) is 0 Å². The van der Waals surface area contributed by atoms with Gasteiger partial charge in [0, 0.05) is 6.07 Å². The lowest BCUT2D eigenvalue weighted by molar-refractivity contribution is 0.395. The van der Waals surface area contributed by atoms with Gasteiger partial charge in [0.2, 0.25) is 0 Å². The summed E-state index contributed by atoms with van der Waals surface area (Å²) in [5, 5.41) is 6.91. The Morgan fingerprint density at radius 3 is 2.57 bits per heavy atom. The number of aromatic nitrogens is 1. The van der Waals surface area contributed by atoms with Gasteiger partial charge in [0.15, 0.2) is 5.11 Å². The van der Waals surface area contributed by atoms with Crippen LogP contribution in [-0.4, -0.2) is 24.3 Å². The molecule has 1 aromatic heterocycles. The predicted octanol–water partition coefficient (Wildman–Crippen LogP) is 3.56. The average Bonchev–Trinajstić information content (AvgIpc) is 2.50. The molecule has 0 radical (unpaired) electrons. The molecule has 0 aliphatic heterocycles. The molecule has 0 unspecified atom stereocenters. The summed E-state index contributed by atoms with van der Waals surface area (Å²) in [4.78, 5) is 3.97. The maximum atomic E-state index is 5.73. The van der Waals surface area contributed by atoms with Crippen LogP contribution in [0.2, 0.25) is 5.15 Å². The number of nitrogens with one attached hydrogen (secondary N) is 2. The van der Waals surface area contributed by atoms with E-state index in [4.69, 9.17) is 33.3 Å². The van der Waals surface area contributed by atoms with E-state index in [-0.39, 0.29) is 0 Å². The molecule has 0 bridgehead atoms. The highest BCUT2D eigenvalue weighted by Gasteiger charge is 2.07. The Morgan fingerprint density at radius 1 is 1.14 bits per heavy atom. The molecule has 0 saturated heterocycles. The van der Waals surface area contributed by atoms with Crippen LogP contribution in [0.1, 0.15) is 0 Å². The summed E-state index contributed by atoms with van der Waals surface area (Å²) in [6.45, 7) is 0. The number of hydrogen-bond donors (Lipinski definition) is 2. The maximum Gasteiger partial charge on any atom is 0.175 e. The summed E-state index contributed by atoms with van der Waals surface area (Å²) in [5.74, 6) is 1.34. The lowest BCUT2D eigenvalue weighted by Crippen LogP contribution is -2.19. The molecular weight excluding hydrogens is 310 g/mol. The maximum absolute atomic E-state index is 5.73. The third kappa shape index (κ3) is 4.21. The Labute approximate surface area is 133 Å². The molecule has 5 nitrogen and oxygen atoms in total. The molecule has 110 valence electrons. The van der Waals surface area contributed by atoms with Gasteiger partial charge in [-0.05, 0) is 36.5 Å². The smallest absolute Gasteiger partial charge is 0.175 e. The molecule has 2 N–H and O–H groups in total. The zero-order chi connectivity index (χ0) is 15.2. The molecule has 0 aliphatic rings. The van der Waals surface area contributed by atoms with Crippen LogP contribution in [0.5, 0.6) is 11.5 Å². The Morgan fingerprint density at radius 2 is 1.95 bits per heavy atom. The number of rotatable bonds is 4. The van der Waals surface area contributed by atoms with Crippen LogP contribution in [-0.2, 0) is 0 Å². The first-order valence-corrected chi connectivity index (χ1v) is 6.82.